The molecule has 1 aliphatic rings. The Morgan fingerprint density at radius 2 is 2.30 bits per heavy atom. The lowest BCUT2D eigenvalue weighted by Gasteiger charge is -2.15. The van der Waals surface area contributed by atoms with Gasteiger partial charge in [0.2, 0.25) is 5.90 Å². The van der Waals surface area contributed by atoms with E-state index in [1.807, 2.05) is 32.9 Å². The second-order valence-corrected chi connectivity index (χ2v) is 3.02. The van der Waals surface area contributed by atoms with E-state index in [0.29, 0.717) is 0 Å². The first-order valence-electron chi connectivity index (χ1n) is 3.50. The van der Waals surface area contributed by atoms with Gasteiger partial charge in [0.1, 0.15) is 5.60 Å². The summed E-state index contributed by atoms with van der Waals surface area (Å²) in [4.78, 5) is 4.19. The van der Waals surface area contributed by atoms with Crippen LogP contribution in [-0.2, 0) is 4.74 Å². The van der Waals surface area contributed by atoms with Crippen LogP contribution < -0.4 is 0 Å². The molecule has 0 unspecified atom stereocenters. The van der Waals surface area contributed by atoms with Gasteiger partial charge in [-0.3, -0.25) is 0 Å². The quantitative estimate of drug-likeness (QED) is 0.542. The molecular formula is C8H13NO. The normalized spacial score (nSPS) is 22.9. The van der Waals surface area contributed by atoms with Crippen molar-refractivity contribution in [2.24, 2.45) is 4.99 Å². The number of rotatable bonds is 1. The molecule has 0 bridgehead atoms. The van der Waals surface area contributed by atoms with Gasteiger partial charge in [-0.25, -0.2) is 4.99 Å². The van der Waals surface area contributed by atoms with Crippen LogP contribution in [0, 0.1) is 0 Å². The van der Waals surface area contributed by atoms with Crippen LogP contribution in [0.15, 0.2) is 17.1 Å². The molecule has 0 aromatic rings. The average molecular weight is 139 g/mol. The van der Waals surface area contributed by atoms with Crippen molar-refractivity contribution in [2.45, 2.75) is 26.4 Å². The van der Waals surface area contributed by atoms with Gasteiger partial charge in [-0.1, -0.05) is 6.08 Å². The van der Waals surface area contributed by atoms with E-state index in [0.717, 1.165) is 12.4 Å². The standard InChI is InChI=1S/C8H13NO/c1-4-5-7-9-6-8(2,3)10-7/h4-5H,6H2,1-3H3. The first kappa shape index (κ1) is 7.32. The first-order chi connectivity index (χ1) is 4.64. The van der Waals surface area contributed by atoms with Crippen molar-refractivity contribution < 1.29 is 4.74 Å². The Morgan fingerprint density at radius 3 is 2.70 bits per heavy atom. The van der Waals surface area contributed by atoms with E-state index in [1.165, 1.54) is 0 Å². The molecule has 0 radical (unpaired) electrons. The minimum Gasteiger partial charge on any atom is -0.470 e. The molecule has 0 aliphatic carbocycles. The summed E-state index contributed by atoms with van der Waals surface area (Å²) in [5.41, 5.74) is -0.0884. The number of hydrogen-bond acceptors (Lipinski definition) is 2. The van der Waals surface area contributed by atoms with E-state index in [9.17, 15) is 0 Å². The molecule has 0 aromatic heterocycles. The second kappa shape index (κ2) is 2.45. The molecule has 0 atom stereocenters. The van der Waals surface area contributed by atoms with E-state index in [-0.39, 0.29) is 5.60 Å². The number of ether oxygens (including phenoxy) is 1. The van der Waals surface area contributed by atoms with Gasteiger partial charge in [0, 0.05) is 0 Å². The zero-order valence-corrected chi connectivity index (χ0v) is 6.72. The van der Waals surface area contributed by atoms with Crippen molar-refractivity contribution in [2.75, 3.05) is 6.54 Å². The third kappa shape index (κ3) is 1.59. The summed E-state index contributed by atoms with van der Waals surface area (Å²) < 4.78 is 5.45. The summed E-state index contributed by atoms with van der Waals surface area (Å²) in [6.45, 7) is 6.80. The van der Waals surface area contributed by atoms with E-state index in [1.54, 1.807) is 0 Å². The van der Waals surface area contributed by atoms with Crippen LogP contribution in [0.2, 0.25) is 0 Å². The maximum absolute atomic E-state index is 5.45. The Balaban J connectivity index is 2.55. The molecule has 0 amide bonds. The van der Waals surface area contributed by atoms with Crippen molar-refractivity contribution in [1.29, 1.82) is 0 Å². The van der Waals surface area contributed by atoms with Crippen LogP contribution in [0.4, 0.5) is 0 Å². The lowest BCUT2D eigenvalue weighted by atomic mass is 10.1. The van der Waals surface area contributed by atoms with Crippen molar-refractivity contribution in [1.82, 2.24) is 0 Å². The van der Waals surface area contributed by atoms with Crippen LogP contribution in [0.3, 0.4) is 0 Å². The smallest absolute Gasteiger partial charge is 0.208 e. The molecule has 0 spiro atoms. The predicted octanol–water partition coefficient (Wildman–Crippen LogP) is 1.77. The summed E-state index contributed by atoms with van der Waals surface area (Å²) >= 11 is 0. The Morgan fingerprint density at radius 1 is 1.60 bits per heavy atom. The molecule has 1 aliphatic heterocycles. The summed E-state index contributed by atoms with van der Waals surface area (Å²) in [6.07, 6.45) is 3.81. The fourth-order valence-electron chi connectivity index (χ4n) is 0.845. The van der Waals surface area contributed by atoms with Gasteiger partial charge in [-0.05, 0) is 26.8 Å². The summed E-state index contributed by atoms with van der Waals surface area (Å²) in [7, 11) is 0. The van der Waals surface area contributed by atoms with E-state index < -0.39 is 0 Å². The SMILES string of the molecule is CC=CC1=NCC(C)(C)O1. The number of nitrogens with zero attached hydrogens (tertiary/aromatic N) is 1. The average Bonchev–Trinajstić information content (AvgIpc) is 2.12. The molecule has 1 heterocycles. The van der Waals surface area contributed by atoms with E-state index in [4.69, 9.17) is 4.74 Å². The number of aliphatic imine (C=N–C) groups is 1. The summed E-state index contributed by atoms with van der Waals surface area (Å²) in [5.74, 6) is 0.757. The monoisotopic (exact) mass is 139 g/mol. The molecule has 0 saturated heterocycles. The highest BCUT2D eigenvalue weighted by Gasteiger charge is 2.25. The molecule has 0 saturated carbocycles. The van der Waals surface area contributed by atoms with E-state index in [2.05, 4.69) is 4.99 Å². The Hall–Kier alpha value is -0.790. The Bertz CT molecular complexity index is 180. The number of hydrogen-bond donors (Lipinski definition) is 0. The minimum absolute atomic E-state index is 0.0884. The van der Waals surface area contributed by atoms with Crippen LogP contribution in [0.25, 0.3) is 0 Å². The van der Waals surface area contributed by atoms with Gasteiger partial charge < -0.3 is 4.74 Å². The van der Waals surface area contributed by atoms with Gasteiger partial charge >= 0.3 is 0 Å². The summed E-state index contributed by atoms with van der Waals surface area (Å²) in [5, 5.41) is 0. The topological polar surface area (TPSA) is 21.6 Å². The molecule has 56 valence electrons. The van der Waals surface area contributed by atoms with Gasteiger partial charge in [0.25, 0.3) is 0 Å². The van der Waals surface area contributed by atoms with Crippen molar-refractivity contribution >= 4 is 5.90 Å². The van der Waals surface area contributed by atoms with Crippen molar-refractivity contribution in [3.05, 3.63) is 12.2 Å². The fraction of sp³-hybridized carbons (Fsp3) is 0.625. The molecular weight excluding hydrogens is 126 g/mol. The Kier molecular flexibility index (Phi) is 1.79. The highest BCUT2D eigenvalue weighted by molar-refractivity contribution is 5.89. The lowest BCUT2D eigenvalue weighted by Crippen LogP contribution is -2.23. The zero-order valence-electron chi connectivity index (χ0n) is 6.72. The van der Waals surface area contributed by atoms with Gasteiger partial charge in [-0.15, -0.1) is 0 Å². The maximum Gasteiger partial charge on any atom is 0.208 e. The fourth-order valence-corrected chi connectivity index (χ4v) is 0.845. The largest absolute Gasteiger partial charge is 0.470 e. The lowest BCUT2D eigenvalue weighted by molar-refractivity contribution is 0.132. The highest BCUT2D eigenvalue weighted by Crippen LogP contribution is 2.16. The zero-order chi connectivity index (χ0) is 7.61. The Labute approximate surface area is 61.6 Å². The van der Waals surface area contributed by atoms with Crippen molar-refractivity contribution in [3.8, 4) is 0 Å². The van der Waals surface area contributed by atoms with Gasteiger partial charge in [0.15, 0.2) is 0 Å². The van der Waals surface area contributed by atoms with Crippen LogP contribution >= 0.6 is 0 Å². The van der Waals surface area contributed by atoms with E-state index >= 15 is 0 Å². The summed E-state index contributed by atoms with van der Waals surface area (Å²) in [6, 6.07) is 0. The van der Waals surface area contributed by atoms with Crippen LogP contribution in [0.5, 0.6) is 0 Å². The third-order valence-corrected chi connectivity index (χ3v) is 1.31. The second-order valence-electron chi connectivity index (χ2n) is 3.02. The molecule has 1 rings (SSSR count). The van der Waals surface area contributed by atoms with Crippen LogP contribution in [0.1, 0.15) is 20.8 Å². The molecule has 0 aromatic carbocycles. The molecule has 2 heteroatoms. The first-order valence-corrected chi connectivity index (χ1v) is 3.50. The maximum atomic E-state index is 5.45. The molecule has 10 heavy (non-hydrogen) atoms. The van der Waals surface area contributed by atoms with Gasteiger partial charge in [0.05, 0.1) is 6.54 Å². The molecule has 2 nitrogen and oxygen atoms in total. The molecule has 0 N–H and O–H groups in total. The minimum atomic E-state index is -0.0884. The predicted molar refractivity (Wildman–Crippen MR) is 42.3 cm³/mol. The third-order valence-electron chi connectivity index (χ3n) is 1.31. The van der Waals surface area contributed by atoms with Crippen molar-refractivity contribution in [3.63, 3.8) is 0 Å². The van der Waals surface area contributed by atoms with Crippen LogP contribution in [-0.4, -0.2) is 18.0 Å². The highest BCUT2D eigenvalue weighted by atomic mass is 16.5. The number of allylic oxidation sites excluding steroid dienone is 1. The van der Waals surface area contributed by atoms with Gasteiger partial charge in [-0.2, -0.15) is 0 Å². The molecule has 0 fully saturated rings.